The smallest absolute Gasteiger partial charge is 0.255 e. The lowest BCUT2D eigenvalue weighted by atomic mass is 10.1. The Balaban J connectivity index is 2.87. The summed E-state index contributed by atoms with van der Waals surface area (Å²) < 4.78 is 0. The van der Waals surface area contributed by atoms with Gasteiger partial charge in [0, 0.05) is 12.6 Å². The van der Waals surface area contributed by atoms with Crippen molar-refractivity contribution in [3.05, 3.63) is 28.8 Å². The zero-order chi connectivity index (χ0) is 15.3. The van der Waals surface area contributed by atoms with Gasteiger partial charge in [0.05, 0.1) is 22.8 Å². The van der Waals surface area contributed by atoms with E-state index in [2.05, 4.69) is 5.32 Å². The van der Waals surface area contributed by atoms with Gasteiger partial charge in [0.2, 0.25) is 5.91 Å². The van der Waals surface area contributed by atoms with Gasteiger partial charge >= 0.3 is 0 Å². The van der Waals surface area contributed by atoms with Gasteiger partial charge in [-0.3, -0.25) is 9.59 Å². The molecular formula is C14H20ClN3O2. The SMILES string of the molecule is CCN(CC(=O)NC(C)C)C(=O)c1cccc(N)c1Cl. The predicted molar refractivity (Wildman–Crippen MR) is 80.7 cm³/mol. The molecule has 0 aliphatic rings. The van der Waals surface area contributed by atoms with E-state index in [4.69, 9.17) is 17.3 Å². The van der Waals surface area contributed by atoms with Gasteiger partial charge in [0.25, 0.3) is 5.91 Å². The van der Waals surface area contributed by atoms with Gasteiger partial charge in [-0.2, -0.15) is 0 Å². The van der Waals surface area contributed by atoms with Gasteiger partial charge in [0.1, 0.15) is 0 Å². The Labute approximate surface area is 124 Å². The summed E-state index contributed by atoms with van der Waals surface area (Å²) >= 11 is 6.04. The van der Waals surface area contributed by atoms with Crippen LogP contribution < -0.4 is 11.1 Å². The molecule has 5 nitrogen and oxygen atoms in total. The molecule has 0 bridgehead atoms. The van der Waals surface area contributed by atoms with Crippen LogP contribution in [0.15, 0.2) is 18.2 Å². The minimum absolute atomic E-state index is 0.00135. The average molecular weight is 298 g/mol. The molecule has 2 amide bonds. The lowest BCUT2D eigenvalue weighted by molar-refractivity contribution is -0.122. The molecular weight excluding hydrogens is 278 g/mol. The first-order valence-corrected chi connectivity index (χ1v) is 6.87. The first-order valence-electron chi connectivity index (χ1n) is 6.49. The van der Waals surface area contributed by atoms with Crippen molar-refractivity contribution in [1.82, 2.24) is 10.2 Å². The molecule has 0 saturated heterocycles. The Morgan fingerprint density at radius 3 is 2.60 bits per heavy atom. The highest BCUT2D eigenvalue weighted by atomic mass is 35.5. The number of nitrogens with two attached hydrogens (primary N) is 1. The van der Waals surface area contributed by atoms with E-state index in [-0.39, 0.29) is 29.4 Å². The van der Waals surface area contributed by atoms with E-state index in [0.717, 1.165) is 0 Å². The van der Waals surface area contributed by atoms with E-state index in [1.165, 1.54) is 4.90 Å². The molecule has 6 heteroatoms. The van der Waals surface area contributed by atoms with Gasteiger partial charge in [-0.15, -0.1) is 0 Å². The highest BCUT2D eigenvalue weighted by Crippen LogP contribution is 2.24. The fourth-order valence-electron chi connectivity index (χ4n) is 1.75. The number of nitrogens with zero attached hydrogens (tertiary/aromatic N) is 1. The number of rotatable bonds is 5. The van der Waals surface area contributed by atoms with Gasteiger partial charge in [-0.1, -0.05) is 17.7 Å². The lowest BCUT2D eigenvalue weighted by Crippen LogP contribution is -2.42. The predicted octanol–water partition coefficient (Wildman–Crippen LogP) is 1.91. The Morgan fingerprint density at radius 1 is 1.40 bits per heavy atom. The Hall–Kier alpha value is -1.75. The first-order chi connectivity index (χ1) is 9.36. The van der Waals surface area contributed by atoms with Crippen LogP contribution in [0.25, 0.3) is 0 Å². The molecule has 3 N–H and O–H groups in total. The minimum Gasteiger partial charge on any atom is -0.398 e. The van der Waals surface area contributed by atoms with Gasteiger partial charge in [0.15, 0.2) is 0 Å². The fraction of sp³-hybridized carbons (Fsp3) is 0.429. The van der Waals surface area contributed by atoms with E-state index >= 15 is 0 Å². The molecule has 0 atom stereocenters. The van der Waals surface area contributed by atoms with Crippen LogP contribution in [0.1, 0.15) is 31.1 Å². The van der Waals surface area contributed by atoms with Crippen LogP contribution in [0.2, 0.25) is 5.02 Å². The summed E-state index contributed by atoms with van der Waals surface area (Å²) in [5, 5.41) is 2.97. The number of benzene rings is 1. The quantitative estimate of drug-likeness (QED) is 0.815. The zero-order valence-electron chi connectivity index (χ0n) is 11.9. The second-order valence-electron chi connectivity index (χ2n) is 4.75. The molecule has 0 radical (unpaired) electrons. The Morgan fingerprint density at radius 2 is 2.05 bits per heavy atom. The van der Waals surface area contributed by atoms with Crippen LogP contribution in [0, 0.1) is 0 Å². The normalized spacial score (nSPS) is 10.4. The number of halogens is 1. The Bertz CT molecular complexity index is 503. The van der Waals surface area contributed by atoms with Crippen molar-refractivity contribution in [2.24, 2.45) is 0 Å². The molecule has 0 saturated carbocycles. The first kappa shape index (κ1) is 16.3. The van der Waals surface area contributed by atoms with Crippen molar-refractivity contribution in [3.63, 3.8) is 0 Å². The third-order valence-corrected chi connectivity index (χ3v) is 3.13. The molecule has 0 aliphatic carbocycles. The average Bonchev–Trinajstić information content (AvgIpc) is 2.37. The highest BCUT2D eigenvalue weighted by Gasteiger charge is 2.20. The van der Waals surface area contributed by atoms with Crippen molar-refractivity contribution < 1.29 is 9.59 Å². The molecule has 0 fully saturated rings. The maximum atomic E-state index is 12.4. The highest BCUT2D eigenvalue weighted by molar-refractivity contribution is 6.36. The molecule has 1 aromatic rings. The molecule has 110 valence electrons. The summed E-state index contributed by atoms with van der Waals surface area (Å²) in [6.45, 7) is 5.95. The maximum Gasteiger partial charge on any atom is 0.255 e. The lowest BCUT2D eigenvalue weighted by Gasteiger charge is -2.22. The van der Waals surface area contributed by atoms with Crippen LogP contribution in [-0.4, -0.2) is 35.8 Å². The van der Waals surface area contributed by atoms with Crippen molar-refractivity contribution in [2.75, 3.05) is 18.8 Å². The third kappa shape index (κ3) is 4.13. The number of hydrogen-bond acceptors (Lipinski definition) is 3. The van der Waals surface area contributed by atoms with Crippen LogP contribution >= 0.6 is 11.6 Å². The maximum absolute atomic E-state index is 12.4. The minimum atomic E-state index is -0.302. The number of carbonyl (C=O) groups excluding carboxylic acids is 2. The molecule has 0 aromatic heterocycles. The summed E-state index contributed by atoms with van der Waals surface area (Å²) in [5.74, 6) is -0.501. The molecule has 0 unspecified atom stereocenters. The monoisotopic (exact) mass is 297 g/mol. The standard InChI is InChI=1S/C14H20ClN3O2/c1-4-18(8-12(19)17-9(2)3)14(20)10-6-5-7-11(16)13(10)15/h5-7,9H,4,8,16H2,1-3H3,(H,17,19). The van der Waals surface area contributed by atoms with Gasteiger partial charge in [-0.25, -0.2) is 0 Å². The number of carbonyl (C=O) groups is 2. The molecule has 1 aromatic carbocycles. The van der Waals surface area contributed by atoms with E-state index in [9.17, 15) is 9.59 Å². The van der Waals surface area contributed by atoms with Crippen LogP contribution in [0.5, 0.6) is 0 Å². The van der Waals surface area contributed by atoms with Crippen molar-refractivity contribution in [2.45, 2.75) is 26.8 Å². The number of nitrogen functional groups attached to an aromatic ring is 1. The number of amides is 2. The van der Waals surface area contributed by atoms with Crippen molar-refractivity contribution in [3.8, 4) is 0 Å². The summed E-state index contributed by atoms with van der Waals surface area (Å²) in [7, 11) is 0. The van der Waals surface area contributed by atoms with Gasteiger partial charge in [-0.05, 0) is 32.9 Å². The van der Waals surface area contributed by atoms with E-state index < -0.39 is 0 Å². The van der Waals surface area contributed by atoms with E-state index in [1.54, 1.807) is 25.1 Å². The molecule has 0 aliphatic heterocycles. The van der Waals surface area contributed by atoms with E-state index in [0.29, 0.717) is 17.8 Å². The molecule has 1 rings (SSSR count). The number of likely N-dealkylation sites (N-methyl/N-ethyl adjacent to an activating group) is 1. The van der Waals surface area contributed by atoms with Crippen molar-refractivity contribution in [1.29, 1.82) is 0 Å². The molecule has 0 heterocycles. The fourth-order valence-corrected chi connectivity index (χ4v) is 1.96. The van der Waals surface area contributed by atoms with Crippen molar-refractivity contribution >= 4 is 29.1 Å². The second-order valence-corrected chi connectivity index (χ2v) is 5.13. The number of nitrogens with one attached hydrogen (secondary N) is 1. The summed E-state index contributed by atoms with van der Waals surface area (Å²) in [4.78, 5) is 25.6. The third-order valence-electron chi connectivity index (χ3n) is 2.71. The topological polar surface area (TPSA) is 75.4 Å². The van der Waals surface area contributed by atoms with E-state index in [1.807, 2.05) is 13.8 Å². The zero-order valence-corrected chi connectivity index (χ0v) is 12.7. The number of hydrogen-bond donors (Lipinski definition) is 2. The summed E-state index contributed by atoms with van der Waals surface area (Å²) in [5.41, 5.74) is 6.34. The summed E-state index contributed by atoms with van der Waals surface area (Å²) in [6.07, 6.45) is 0. The molecule has 20 heavy (non-hydrogen) atoms. The number of anilines is 1. The largest absolute Gasteiger partial charge is 0.398 e. The van der Waals surface area contributed by atoms with Crippen LogP contribution in [0.4, 0.5) is 5.69 Å². The van der Waals surface area contributed by atoms with Crippen LogP contribution in [0.3, 0.4) is 0 Å². The van der Waals surface area contributed by atoms with Crippen LogP contribution in [-0.2, 0) is 4.79 Å². The molecule has 0 spiro atoms. The summed E-state index contributed by atoms with van der Waals surface area (Å²) in [6, 6.07) is 4.92. The van der Waals surface area contributed by atoms with Gasteiger partial charge < -0.3 is 16.0 Å². The second kappa shape index (κ2) is 7.14. The Kier molecular flexibility index (Phi) is 5.82.